The average molecular weight is 549 g/mol. The third kappa shape index (κ3) is 5.54. The molecule has 2 heterocycles. The molecule has 12 heteroatoms. The Bertz CT molecular complexity index is 1740. The van der Waals surface area contributed by atoms with Crippen LogP contribution in [0, 0.1) is 0 Å². The lowest BCUT2D eigenvalue weighted by molar-refractivity contribution is 0.598. The van der Waals surface area contributed by atoms with Crippen molar-refractivity contribution in [2.24, 2.45) is 12.2 Å². The van der Waals surface area contributed by atoms with Crippen LogP contribution >= 0.6 is 11.6 Å². The molecule has 10 nitrogen and oxygen atoms in total. The Kier molecular flexibility index (Phi) is 6.89. The Labute approximate surface area is 225 Å². The summed E-state index contributed by atoms with van der Waals surface area (Å²) in [4.78, 5) is 15.5. The van der Waals surface area contributed by atoms with Crippen LogP contribution in [0.2, 0.25) is 5.02 Å². The fraction of sp³-hybridized carbons (Fsp3) is 0.115. The monoisotopic (exact) mass is 548 g/mol. The molecule has 0 aliphatic heterocycles. The fourth-order valence-electron chi connectivity index (χ4n) is 3.99. The lowest BCUT2D eigenvalue weighted by Crippen LogP contribution is -2.13. The van der Waals surface area contributed by atoms with E-state index in [1.807, 2.05) is 66.0 Å². The number of hydrogen-bond donors (Lipinski definition) is 3. The zero-order chi connectivity index (χ0) is 26.9. The van der Waals surface area contributed by atoms with Gasteiger partial charge in [0.15, 0.2) is 0 Å². The van der Waals surface area contributed by atoms with Crippen LogP contribution in [0.4, 0.5) is 29.1 Å². The van der Waals surface area contributed by atoms with Gasteiger partial charge >= 0.3 is 0 Å². The molecule has 3 aromatic carbocycles. The van der Waals surface area contributed by atoms with Gasteiger partial charge < -0.3 is 20.1 Å². The highest BCUT2D eigenvalue weighted by Crippen LogP contribution is 2.28. The summed E-state index contributed by atoms with van der Waals surface area (Å²) in [7, 11) is 0.0427. The minimum atomic E-state index is -3.82. The van der Waals surface area contributed by atoms with E-state index in [-0.39, 0.29) is 4.90 Å². The third-order valence-electron chi connectivity index (χ3n) is 5.99. The van der Waals surface area contributed by atoms with E-state index >= 15 is 0 Å². The Morgan fingerprint density at radius 2 is 1.84 bits per heavy atom. The molecule has 0 aliphatic carbocycles. The number of imidazole rings is 1. The number of nitrogens with one attached hydrogen (secondary N) is 2. The van der Waals surface area contributed by atoms with Gasteiger partial charge in [-0.1, -0.05) is 29.8 Å². The first-order chi connectivity index (χ1) is 18.2. The van der Waals surface area contributed by atoms with Gasteiger partial charge in [-0.25, -0.2) is 23.5 Å². The van der Waals surface area contributed by atoms with Crippen molar-refractivity contribution in [1.29, 1.82) is 0 Å². The summed E-state index contributed by atoms with van der Waals surface area (Å²) < 4.78 is 25.3. The molecule has 0 aliphatic rings. The molecule has 38 heavy (non-hydrogen) atoms. The predicted molar refractivity (Wildman–Crippen MR) is 151 cm³/mol. The maximum atomic E-state index is 11.7. The van der Waals surface area contributed by atoms with Crippen LogP contribution in [-0.4, -0.2) is 35.0 Å². The first kappa shape index (κ1) is 25.5. The Balaban J connectivity index is 1.35. The molecular formula is C26H25ClN8O2S. The summed E-state index contributed by atoms with van der Waals surface area (Å²) >= 11 is 6.10. The van der Waals surface area contributed by atoms with Crippen LogP contribution in [0.5, 0.6) is 0 Å². The van der Waals surface area contributed by atoms with Gasteiger partial charge in [-0.2, -0.15) is 4.98 Å². The molecule has 0 spiro atoms. The van der Waals surface area contributed by atoms with Crippen molar-refractivity contribution in [2.45, 2.75) is 11.4 Å². The zero-order valence-electron chi connectivity index (χ0n) is 20.6. The second-order valence-corrected chi connectivity index (χ2v) is 10.6. The second-order valence-electron chi connectivity index (χ2n) is 8.65. The van der Waals surface area contributed by atoms with Crippen molar-refractivity contribution >= 4 is 61.7 Å². The summed E-state index contributed by atoms with van der Waals surface area (Å²) in [5, 5.41) is 12.3. The first-order valence-corrected chi connectivity index (χ1v) is 13.5. The molecule has 0 radical (unpaired) electrons. The number of nitrogens with zero attached hydrogens (tertiary/aromatic N) is 5. The molecular weight excluding hydrogens is 524 g/mol. The fourth-order valence-corrected chi connectivity index (χ4v) is 4.76. The molecule has 0 amide bonds. The number of halogens is 1. The van der Waals surface area contributed by atoms with E-state index in [1.54, 1.807) is 24.4 Å². The highest BCUT2D eigenvalue weighted by molar-refractivity contribution is 7.89. The Hall–Kier alpha value is -4.19. The van der Waals surface area contributed by atoms with Gasteiger partial charge in [0.05, 0.1) is 15.9 Å². The molecule has 0 atom stereocenters. The number of aromatic nitrogens is 4. The van der Waals surface area contributed by atoms with Crippen molar-refractivity contribution in [2.75, 3.05) is 22.6 Å². The van der Waals surface area contributed by atoms with Gasteiger partial charge in [0, 0.05) is 43.2 Å². The summed E-state index contributed by atoms with van der Waals surface area (Å²) in [6.07, 6.45) is 1.63. The van der Waals surface area contributed by atoms with Crippen LogP contribution in [0.3, 0.4) is 0 Å². The average Bonchev–Trinajstić information content (AvgIpc) is 3.21. The smallest absolute Gasteiger partial charge is 0.238 e. The Morgan fingerprint density at radius 3 is 2.63 bits per heavy atom. The van der Waals surface area contributed by atoms with Gasteiger partial charge in [-0.05, 0) is 60.2 Å². The third-order valence-corrected chi connectivity index (χ3v) is 7.14. The van der Waals surface area contributed by atoms with Crippen molar-refractivity contribution < 1.29 is 8.42 Å². The topological polar surface area (TPSA) is 131 Å². The molecule has 0 bridgehead atoms. The number of benzene rings is 3. The molecule has 0 saturated heterocycles. The highest BCUT2D eigenvalue weighted by Gasteiger charge is 2.13. The number of sulfonamides is 1. The van der Waals surface area contributed by atoms with E-state index < -0.39 is 10.0 Å². The van der Waals surface area contributed by atoms with Gasteiger partial charge in [0.1, 0.15) is 5.82 Å². The second kappa shape index (κ2) is 10.3. The number of primary sulfonamides is 1. The zero-order valence-corrected chi connectivity index (χ0v) is 22.2. The molecule has 0 fully saturated rings. The van der Waals surface area contributed by atoms with Crippen molar-refractivity contribution in [3.8, 4) is 0 Å². The van der Waals surface area contributed by atoms with E-state index in [9.17, 15) is 8.42 Å². The van der Waals surface area contributed by atoms with Crippen LogP contribution < -0.4 is 20.7 Å². The van der Waals surface area contributed by atoms with Crippen molar-refractivity contribution in [3.63, 3.8) is 0 Å². The van der Waals surface area contributed by atoms with Gasteiger partial charge in [0.25, 0.3) is 0 Å². The first-order valence-electron chi connectivity index (χ1n) is 11.6. The summed E-state index contributed by atoms with van der Waals surface area (Å²) in [6.45, 7) is 0.599. The molecule has 4 N–H and O–H groups in total. The highest BCUT2D eigenvalue weighted by atomic mass is 35.5. The van der Waals surface area contributed by atoms with Crippen LogP contribution in [-0.2, 0) is 23.6 Å². The number of aryl methyl sites for hydroxylation is 1. The van der Waals surface area contributed by atoms with Crippen LogP contribution in [0.1, 0.15) is 5.56 Å². The van der Waals surface area contributed by atoms with Gasteiger partial charge in [0.2, 0.25) is 21.9 Å². The molecule has 0 saturated carbocycles. The molecule has 194 valence electrons. The lowest BCUT2D eigenvalue weighted by atomic mass is 10.2. The normalized spacial score (nSPS) is 11.5. The minimum Gasteiger partial charge on any atom is -0.352 e. The number of fused-ring (bicyclic) bond motifs is 1. The molecule has 5 rings (SSSR count). The van der Waals surface area contributed by atoms with Crippen molar-refractivity contribution in [1.82, 2.24) is 19.5 Å². The van der Waals surface area contributed by atoms with E-state index in [2.05, 4.69) is 20.6 Å². The SMILES string of the molecule is CN(c1ccc2c(c1)nc(NCc1cccc(Cl)c1)n2C)c1ccnc(Nc2cccc(S(N)(=O)=O)c2)n1. The maximum absolute atomic E-state index is 11.7. The minimum absolute atomic E-state index is 0.000798. The number of anilines is 5. The molecule has 2 aromatic heterocycles. The number of rotatable bonds is 8. The van der Waals surface area contributed by atoms with E-state index in [1.165, 1.54) is 12.1 Å². The van der Waals surface area contributed by atoms with E-state index in [0.29, 0.717) is 29.0 Å². The Morgan fingerprint density at radius 1 is 1.03 bits per heavy atom. The maximum Gasteiger partial charge on any atom is 0.238 e. The number of hydrogen-bond acceptors (Lipinski definition) is 8. The lowest BCUT2D eigenvalue weighted by Gasteiger charge is -2.19. The quantitative estimate of drug-likeness (QED) is 0.252. The van der Waals surface area contributed by atoms with Crippen LogP contribution in [0.15, 0.2) is 83.9 Å². The van der Waals surface area contributed by atoms with E-state index in [4.69, 9.17) is 21.7 Å². The van der Waals surface area contributed by atoms with Crippen molar-refractivity contribution in [3.05, 3.63) is 89.6 Å². The summed E-state index contributed by atoms with van der Waals surface area (Å²) in [5.74, 6) is 1.70. The molecule has 0 unspecified atom stereocenters. The van der Waals surface area contributed by atoms with Gasteiger partial charge in [-0.15, -0.1) is 0 Å². The number of nitrogens with two attached hydrogens (primary N) is 1. The largest absolute Gasteiger partial charge is 0.352 e. The predicted octanol–water partition coefficient (Wildman–Crippen LogP) is 4.79. The molecule has 5 aromatic rings. The summed E-state index contributed by atoms with van der Waals surface area (Å²) in [6, 6.07) is 21.7. The van der Waals surface area contributed by atoms with E-state index in [0.717, 1.165) is 28.2 Å². The standard InChI is InChI=1S/C26H25ClN8O2S/c1-34(24-11-12-29-25(33-24)31-19-7-4-8-21(14-19)38(28,36)37)20-9-10-23-22(15-20)32-26(35(23)2)30-16-17-5-3-6-18(27)13-17/h3-15H,16H2,1-2H3,(H,30,32)(H2,28,36,37)(H,29,31,33). The van der Waals surface area contributed by atoms with Crippen LogP contribution in [0.25, 0.3) is 11.0 Å². The summed E-state index contributed by atoms with van der Waals surface area (Å²) in [5.41, 5.74) is 4.27. The van der Waals surface area contributed by atoms with Gasteiger partial charge in [-0.3, -0.25) is 0 Å².